The monoisotopic (exact) mass is 491 g/mol. The zero-order valence-corrected chi connectivity index (χ0v) is 20.1. The van der Waals surface area contributed by atoms with Crippen LogP contribution in [0.25, 0.3) is 6.08 Å². The second-order valence-electron chi connectivity index (χ2n) is 7.71. The summed E-state index contributed by atoms with van der Waals surface area (Å²) in [6, 6.07) is 21.3. The lowest BCUT2D eigenvalue weighted by Gasteiger charge is -2.17. The highest BCUT2D eigenvalue weighted by atomic mass is 32.2. The summed E-state index contributed by atoms with van der Waals surface area (Å²) < 4.78 is 6.32. The van der Waals surface area contributed by atoms with E-state index in [1.54, 1.807) is 23.1 Å². The van der Waals surface area contributed by atoms with Crippen molar-refractivity contribution in [1.29, 1.82) is 0 Å². The molecule has 0 aromatic heterocycles. The molecule has 9 heteroatoms. The maximum absolute atomic E-state index is 13.1. The SMILES string of the molecule is CN(C)c1ccc(N2C(=O)/C(=C\c3cccc(OCc4ccc([N+](=O)[O-])cc4)c3)SC2=S)cc1. The number of carbonyl (C=O) groups excluding carboxylic acids is 1. The summed E-state index contributed by atoms with van der Waals surface area (Å²) in [6.07, 6.45) is 1.80. The first-order chi connectivity index (χ1) is 16.3. The van der Waals surface area contributed by atoms with E-state index in [0.29, 0.717) is 15.0 Å². The van der Waals surface area contributed by atoms with Gasteiger partial charge in [-0.05, 0) is 65.7 Å². The lowest BCUT2D eigenvalue weighted by Crippen LogP contribution is -2.27. The van der Waals surface area contributed by atoms with Gasteiger partial charge in [-0.2, -0.15) is 0 Å². The number of anilines is 2. The van der Waals surface area contributed by atoms with Gasteiger partial charge in [0.05, 0.1) is 15.5 Å². The largest absolute Gasteiger partial charge is 0.489 e. The molecule has 3 aromatic rings. The fraction of sp³-hybridized carbons (Fsp3) is 0.120. The summed E-state index contributed by atoms with van der Waals surface area (Å²) in [7, 11) is 3.92. The van der Waals surface area contributed by atoms with Gasteiger partial charge in [0.2, 0.25) is 0 Å². The number of benzene rings is 3. The van der Waals surface area contributed by atoms with Gasteiger partial charge in [-0.25, -0.2) is 0 Å². The molecule has 34 heavy (non-hydrogen) atoms. The summed E-state index contributed by atoms with van der Waals surface area (Å²) in [5, 5.41) is 10.8. The summed E-state index contributed by atoms with van der Waals surface area (Å²) in [5.41, 5.74) is 3.44. The molecule has 172 valence electrons. The number of thioether (sulfide) groups is 1. The Bertz CT molecular complexity index is 1270. The van der Waals surface area contributed by atoms with Crippen LogP contribution in [0.3, 0.4) is 0 Å². The predicted octanol–water partition coefficient (Wildman–Crippen LogP) is 5.65. The normalized spacial score (nSPS) is 14.5. The molecule has 7 nitrogen and oxygen atoms in total. The number of nitrogens with zero attached hydrogens (tertiary/aromatic N) is 3. The van der Waals surface area contributed by atoms with Gasteiger partial charge in [-0.15, -0.1) is 0 Å². The van der Waals surface area contributed by atoms with Gasteiger partial charge in [0.1, 0.15) is 12.4 Å². The standard InChI is InChI=1S/C25H21N3O4S2/c1-26(2)19-10-12-20(13-11-19)27-24(29)23(34-25(27)33)15-18-4-3-5-22(14-18)32-16-17-6-8-21(9-7-17)28(30)31/h3-15H,16H2,1-2H3/b23-15+. The number of hydrogen-bond acceptors (Lipinski definition) is 7. The predicted molar refractivity (Wildman–Crippen MR) is 140 cm³/mol. The van der Waals surface area contributed by atoms with Crippen molar-refractivity contribution in [2.24, 2.45) is 0 Å². The molecule has 0 unspecified atom stereocenters. The molecule has 1 amide bonds. The minimum atomic E-state index is -0.435. The first-order valence-corrected chi connectivity index (χ1v) is 11.6. The second-order valence-corrected chi connectivity index (χ2v) is 9.39. The van der Waals surface area contributed by atoms with Crippen molar-refractivity contribution < 1.29 is 14.5 Å². The van der Waals surface area contributed by atoms with Crippen molar-refractivity contribution in [3.05, 3.63) is 98.9 Å². The van der Waals surface area contributed by atoms with E-state index in [9.17, 15) is 14.9 Å². The first-order valence-electron chi connectivity index (χ1n) is 10.3. The smallest absolute Gasteiger partial charge is 0.270 e. The number of nitro benzene ring substituents is 1. The first kappa shape index (κ1) is 23.5. The van der Waals surface area contributed by atoms with Gasteiger partial charge >= 0.3 is 0 Å². The molecular formula is C25H21N3O4S2. The van der Waals surface area contributed by atoms with Crippen molar-refractivity contribution in [3.8, 4) is 5.75 Å². The van der Waals surface area contributed by atoms with E-state index in [1.165, 1.54) is 23.9 Å². The van der Waals surface area contributed by atoms with Crippen LogP contribution in [0, 0.1) is 10.1 Å². The lowest BCUT2D eigenvalue weighted by atomic mass is 10.2. The van der Waals surface area contributed by atoms with Crippen molar-refractivity contribution in [1.82, 2.24) is 0 Å². The maximum Gasteiger partial charge on any atom is 0.270 e. The minimum Gasteiger partial charge on any atom is -0.489 e. The Morgan fingerprint density at radius 3 is 2.44 bits per heavy atom. The molecule has 0 atom stereocenters. The van der Waals surface area contributed by atoms with E-state index in [2.05, 4.69) is 0 Å². The van der Waals surface area contributed by atoms with Gasteiger partial charge in [-0.3, -0.25) is 19.8 Å². The quantitative estimate of drug-likeness (QED) is 0.183. The molecule has 1 heterocycles. The highest BCUT2D eigenvalue weighted by Crippen LogP contribution is 2.36. The molecule has 3 aromatic carbocycles. The van der Waals surface area contributed by atoms with Gasteiger partial charge in [0.25, 0.3) is 11.6 Å². The molecular weight excluding hydrogens is 470 g/mol. The molecule has 0 bridgehead atoms. The van der Waals surface area contributed by atoms with Crippen molar-refractivity contribution >= 4 is 57.3 Å². The average Bonchev–Trinajstić information content (AvgIpc) is 3.10. The highest BCUT2D eigenvalue weighted by molar-refractivity contribution is 8.27. The zero-order chi connectivity index (χ0) is 24.2. The Morgan fingerprint density at radius 1 is 1.09 bits per heavy atom. The van der Waals surface area contributed by atoms with Crippen LogP contribution < -0.4 is 14.5 Å². The number of amides is 1. The maximum atomic E-state index is 13.1. The number of rotatable bonds is 7. The number of hydrogen-bond donors (Lipinski definition) is 0. The van der Waals surface area contributed by atoms with Gasteiger partial charge in [0, 0.05) is 31.9 Å². The fourth-order valence-electron chi connectivity index (χ4n) is 3.32. The molecule has 1 fully saturated rings. The molecule has 1 saturated heterocycles. The van der Waals surface area contributed by atoms with Crippen LogP contribution in [0.1, 0.15) is 11.1 Å². The van der Waals surface area contributed by atoms with Gasteiger partial charge < -0.3 is 9.64 Å². The fourth-order valence-corrected chi connectivity index (χ4v) is 4.62. The topological polar surface area (TPSA) is 75.9 Å². The third kappa shape index (κ3) is 5.27. The Balaban J connectivity index is 1.46. The van der Waals surface area contributed by atoms with Crippen LogP contribution in [0.15, 0.2) is 77.7 Å². The van der Waals surface area contributed by atoms with Gasteiger partial charge in [-0.1, -0.05) is 36.1 Å². The zero-order valence-electron chi connectivity index (χ0n) is 18.5. The number of ether oxygens (including phenoxy) is 1. The third-order valence-corrected chi connectivity index (χ3v) is 6.43. The molecule has 0 radical (unpaired) electrons. The molecule has 1 aliphatic rings. The van der Waals surface area contributed by atoms with Gasteiger partial charge in [0.15, 0.2) is 4.32 Å². The van der Waals surface area contributed by atoms with E-state index in [-0.39, 0.29) is 18.2 Å². The van der Waals surface area contributed by atoms with Crippen LogP contribution >= 0.6 is 24.0 Å². The summed E-state index contributed by atoms with van der Waals surface area (Å²) in [4.78, 5) is 27.5. The number of non-ortho nitro benzene ring substituents is 1. The molecule has 0 aliphatic carbocycles. The number of nitro groups is 1. The van der Waals surface area contributed by atoms with Crippen molar-refractivity contribution in [3.63, 3.8) is 0 Å². The van der Waals surface area contributed by atoms with Crippen LogP contribution in [0.2, 0.25) is 0 Å². The lowest BCUT2D eigenvalue weighted by molar-refractivity contribution is -0.384. The van der Waals surface area contributed by atoms with Crippen molar-refractivity contribution in [2.45, 2.75) is 6.61 Å². The number of thiocarbonyl (C=S) groups is 1. The Hall–Kier alpha value is -3.69. The average molecular weight is 492 g/mol. The van der Waals surface area contributed by atoms with E-state index in [4.69, 9.17) is 17.0 Å². The molecule has 4 rings (SSSR count). The van der Waals surface area contributed by atoms with Crippen LogP contribution in [0.5, 0.6) is 5.75 Å². The third-order valence-electron chi connectivity index (χ3n) is 5.13. The van der Waals surface area contributed by atoms with Crippen LogP contribution in [-0.4, -0.2) is 29.2 Å². The van der Waals surface area contributed by atoms with E-state index in [0.717, 1.165) is 22.5 Å². The summed E-state index contributed by atoms with van der Waals surface area (Å²) in [6.45, 7) is 0.270. The number of carbonyl (C=O) groups is 1. The Labute approximate surface area is 206 Å². The second kappa shape index (κ2) is 10.1. The van der Waals surface area contributed by atoms with Crippen molar-refractivity contribution in [2.75, 3.05) is 23.9 Å². The summed E-state index contributed by atoms with van der Waals surface area (Å²) in [5.74, 6) is 0.464. The minimum absolute atomic E-state index is 0.0386. The van der Waals surface area contributed by atoms with E-state index in [1.807, 2.05) is 67.5 Å². The van der Waals surface area contributed by atoms with Crippen LogP contribution in [-0.2, 0) is 11.4 Å². The Morgan fingerprint density at radius 2 is 1.79 bits per heavy atom. The summed E-state index contributed by atoms with van der Waals surface area (Å²) >= 11 is 6.74. The molecule has 0 saturated carbocycles. The molecule has 0 spiro atoms. The Kier molecular flexibility index (Phi) is 6.95. The highest BCUT2D eigenvalue weighted by Gasteiger charge is 2.33. The van der Waals surface area contributed by atoms with Crippen LogP contribution in [0.4, 0.5) is 17.1 Å². The molecule has 1 aliphatic heterocycles. The van der Waals surface area contributed by atoms with E-state index < -0.39 is 4.92 Å². The molecule has 0 N–H and O–H groups in total. The van der Waals surface area contributed by atoms with E-state index >= 15 is 0 Å².